The van der Waals surface area contributed by atoms with E-state index in [1.54, 1.807) is 17.0 Å². The average molecular weight is 399 g/mol. The summed E-state index contributed by atoms with van der Waals surface area (Å²) in [5.74, 6) is -0.848. The molecule has 4 rings (SSSR count). The highest BCUT2D eigenvalue weighted by molar-refractivity contribution is 5.97. The number of likely N-dealkylation sites (tertiary alicyclic amines) is 1. The van der Waals surface area contributed by atoms with Crippen LogP contribution in [0.5, 0.6) is 0 Å². The van der Waals surface area contributed by atoms with Crippen LogP contribution >= 0.6 is 0 Å². The summed E-state index contributed by atoms with van der Waals surface area (Å²) in [6.07, 6.45) is 0. The van der Waals surface area contributed by atoms with E-state index in [9.17, 15) is 19.1 Å². The first-order valence-electron chi connectivity index (χ1n) is 9.39. The number of nitrogens with zero attached hydrogens (tertiary/aromatic N) is 2. The van der Waals surface area contributed by atoms with E-state index in [1.165, 1.54) is 24.1 Å². The molecule has 2 aliphatic heterocycles. The van der Waals surface area contributed by atoms with E-state index in [2.05, 4.69) is 5.32 Å². The van der Waals surface area contributed by atoms with Crippen molar-refractivity contribution >= 4 is 23.3 Å². The van der Waals surface area contributed by atoms with Crippen LogP contribution in [-0.4, -0.2) is 60.9 Å². The minimum atomic E-state index is -0.538. The van der Waals surface area contributed by atoms with Gasteiger partial charge in [-0.15, -0.1) is 0 Å². The highest BCUT2D eigenvalue weighted by Crippen LogP contribution is 2.48. The summed E-state index contributed by atoms with van der Waals surface area (Å²) >= 11 is 0. The van der Waals surface area contributed by atoms with Crippen molar-refractivity contribution in [3.8, 4) is 0 Å². The molecule has 2 aliphatic rings. The fourth-order valence-electron chi connectivity index (χ4n) is 4.35. The van der Waals surface area contributed by atoms with Crippen molar-refractivity contribution in [2.24, 2.45) is 0 Å². The predicted octanol–water partition coefficient (Wildman–Crippen LogP) is 2.18. The van der Waals surface area contributed by atoms with Crippen molar-refractivity contribution in [3.63, 3.8) is 0 Å². The third-order valence-corrected chi connectivity index (χ3v) is 5.61. The molecule has 3 atom stereocenters. The number of carbonyl (C=O) groups is 2. The van der Waals surface area contributed by atoms with Crippen LogP contribution < -0.4 is 10.2 Å². The van der Waals surface area contributed by atoms with Gasteiger partial charge in [-0.25, -0.2) is 9.18 Å². The minimum Gasteiger partial charge on any atom is -0.394 e. The number of rotatable bonds is 4. The molecule has 1 fully saturated rings. The topological polar surface area (TPSA) is 82.1 Å². The maximum Gasteiger partial charge on any atom is 0.322 e. The summed E-state index contributed by atoms with van der Waals surface area (Å²) in [5.41, 5.74) is 1.74. The number of urea groups is 1. The van der Waals surface area contributed by atoms with Crippen LogP contribution in [0, 0.1) is 5.82 Å². The Bertz CT molecular complexity index is 938. The second-order valence-electron chi connectivity index (χ2n) is 7.16. The quantitative estimate of drug-likeness (QED) is 0.826. The lowest BCUT2D eigenvalue weighted by Crippen LogP contribution is -2.71. The van der Waals surface area contributed by atoms with E-state index in [-0.39, 0.29) is 43.3 Å². The first kappa shape index (κ1) is 19.4. The summed E-state index contributed by atoms with van der Waals surface area (Å²) in [5, 5.41) is 12.5. The van der Waals surface area contributed by atoms with E-state index in [0.717, 1.165) is 11.3 Å². The van der Waals surface area contributed by atoms with Gasteiger partial charge in [0.2, 0.25) is 0 Å². The number of halogens is 1. The molecule has 2 heterocycles. The van der Waals surface area contributed by atoms with Crippen molar-refractivity contribution in [1.29, 1.82) is 0 Å². The zero-order valence-electron chi connectivity index (χ0n) is 15.9. The Hall–Kier alpha value is -2.97. The molecule has 7 nitrogen and oxygen atoms in total. The number of fused-ring (bicyclic) bond motifs is 3. The van der Waals surface area contributed by atoms with Gasteiger partial charge in [0.15, 0.2) is 0 Å². The normalized spacial score (nSPS) is 22.4. The number of hydrogen-bond donors (Lipinski definition) is 2. The van der Waals surface area contributed by atoms with Crippen LogP contribution in [0.2, 0.25) is 0 Å². The molecular weight excluding hydrogens is 377 g/mol. The second kappa shape index (κ2) is 7.81. The van der Waals surface area contributed by atoms with E-state index in [0.29, 0.717) is 0 Å². The molecule has 29 heavy (non-hydrogen) atoms. The molecular formula is C21H22FN3O4. The van der Waals surface area contributed by atoms with Gasteiger partial charge >= 0.3 is 6.03 Å². The highest BCUT2D eigenvalue weighted by Gasteiger charge is 2.55. The zero-order valence-corrected chi connectivity index (χ0v) is 15.9. The molecule has 2 aromatic rings. The number of hydrogen-bond acceptors (Lipinski definition) is 4. The van der Waals surface area contributed by atoms with E-state index in [4.69, 9.17) is 4.74 Å². The smallest absolute Gasteiger partial charge is 0.322 e. The Balaban J connectivity index is 1.63. The van der Waals surface area contributed by atoms with Gasteiger partial charge < -0.3 is 25.0 Å². The fourth-order valence-corrected chi connectivity index (χ4v) is 4.35. The van der Waals surface area contributed by atoms with Crippen LogP contribution in [0.4, 0.5) is 20.6 Å². The molecule has 2 aromatic carbocycles. The molecule has 0 bridgehead atoms. The van der Waals surface area contributed by atoms with Crippen LogP contribution in [0.25, 0.3) is 0 Å². The number of ether oxygens (including phenoxy) is 1. The Morgan fingerprint density at radius 3 is 2.66 bits per heavy atom. The Kier molecular flexibility index (Phi) is 5.21. The summed E-state index contributed by atoms with van der Waals surface area (Å²) < 4.78 is 18.9. The monoisotopic (exact) mass is 399 g/mol. The summed E-state index contributed by atoms with van der Waals surface area (Å²) in [6, 6.07) is 12.1. The van der Waals surface area contributed by atoms with Gasteiger partial charge in [0.1, 0.15) is 12.4 Å². The van der Waals surface area contributed by atoms with Crippen LogP contribution in [0.15, 0.2) is 48.5 Å². The van der Waals surface area contributed by atoms with Gasteiger partial charge in [0, 0.05) is 25.3 Å². The number of benzene rings is 2. The van der Waals surface area contributed by atoms with Gasteiger partial charge in [-0.1, -0.05) is 30.3 Å². The Labute approximate surface area is 167 Å². The second-order valence-corrected chi connectivity index (χ2v) is 7.16. The average Bonchev–Trinajstić information content (AvgIpc) is 2.70. The standard InChI is InChI=1S/C21H22FN3O4/c1-29-12-19(27)24-10-17-20(13-6-2-5-9-16(13)24)18(11-26)25(17)21(28)23-15-8-4-3-7-14(15)22/h2-9,17-18,20,26H,10-12H2,1H3,(H,23,28)/t17-,18+,20+/m1/s1. The molecule has 0 saturated carbocycles. The van der Waals surface area contributed by atoms with Crippen LogP contribution in [0.3, 0.4) is 0 Å². The number of para-hydroxylation sites is 2. The number of anilines is 2. The molecule has 0 unspecified atom stereocenters. The largest absolute Gasteiger partial charge is 0.394 e. The number of aliphatic hydroxyl groups excluding tert-OH is 1. The van der Waals surface area contributed by atoms with E-state index < -0.39 is 17.9 Å². The zero-order chi connectivity index (χ0) is 20.5. The Morgan fingerprint density at radius 2 is 1.93 bits per heavy atom. The number of aliphatic hydroxyl groups is 1. The maximum absolute atomic E-state index is 13.9. The van der Waals surface area contributed by atoms with Gasteiger partial charge in [-0.3, -0.25) is 4.79 Å². The fraction of sp³-hybridized carbons (Fsp3) is 0.333. The lowest BCUT2D eigenvalue weighted by Gasteiger charge is -2.58. The molecule has 152 valence electrons. The van der Waals surface area contributed by atoms with Crippen molar-refractivity contribution in [2.75, 3.05) is 37.1 Å². The summed E-state index contributed by atoms with van der Waals surface area (Å²) in [4.78, 5) is 28.6. The molecule has 8 heteroatoms. The van der Waals surface area contributed by atoms with E-state index in [1.807, 2.05) is 24.3 Å². The molecule has 0 aromatic heterocycles. The number of nitrogens with one attached hydrogen (secondary N) is 1. The molecule has 3 amide bonds. The van der Waals surface area contributed by atoms with Gasteiger partial charge in [0.25, 0.3) is 5.91 Å². The van der Waals surface area contributed by atoms with Gasteiger partial charge in [-0.2, -0.15) is 0 Å². The molecule has 1 saturated heterocycles. The maximum atomic E-state index is 13.9. The van der Waals surface area contributed by atoms with Crippen molar-refractivity contribution in [1.82, 2.24) is 4.90 Å². The van der Waals surface area contributed by atoms with Gasteiger partial charge in [-0.05, 0) is 23.8 Å². The molecule has 0 aliphatic carbocycles. The van der Waals surface area contributed by atoms with Gasteiger partial charge in [0.05, 0.1) is 24.4 Å². The van der Waals surface area contributed by atoms with Crippen LogP contribution in [-0.2, 0) is 9.53 Å². The first-order valence-corrected chi connectivity index (χ1v) is 9.39. The van der Waals surface area contributed by atoms with Crippen LogP contribution in [0.1, 0.15) is 11.5 Å². The number of amides is 3. The Morgan fingerprint density at radius 1 is 1.21 bits per heavy atom. The SMILES string of the molecule is COCC(=O)N1C[C@@H]2[C@H](c3ccccc31)[C@H](CO)N2C(=O)Nc1ccccc1F. The summed E-state index contributed by atoms with van der Waals surface area (Å²) in [6.45, 7) is -0.0200. The van der Waals surface area contributed by atoms with Crippen molar-refractivity contribution in [2.45, 2.75) is 18.0 Å². The lowest BCUT2D eigenvalue weighted by atomic mass is 9.72. The highest BCUT2D eigenvalue weighted by atomic mass is 19.1. The molecule has 2 N–H and O–H groups in total. The third-order valence-electron chi connectivity index (χ3n) is 5.61. The first-order chi connectivity index (χ1) is 14.1. The number of methoxy groups -OCH3 is 1. The molecule has 0 radical (unpaired) electrons. The predicted molar refractivity (Wildman–Crippen MR) is 105 cm³/mol. The lowest BCUT2D eigenvalue weighted by molar-refractivity contribution is -0.123. The van der Waals surface area contributed by atoms with Crippen molar-refractivity contribution < 1.29 is 23.8 Å². The molecule has 0 spiro atoms. The van der Waals surface area contributed by atoms with Crippen molar-refractivity contribution in [3.05, 3.63) is 59.9 Å². The third kappa shape index (κ3) is 3.24. The number of carbonyl (C=O) groups excluding carboxylic acids is 2. The minimum absolute atomic E-state index is 0.0705. The summed E-state index contributed by atoms with van der Waals surface area (Å²) in [7, 11) is 1.45. The van der Waals surface area contributed by atoms with E-state index >= 15 is 0 Å².